The Morgan fingerprint density at radius 2 is 1.59 bits per heavy atom. The van der Waals surface area contributed by atoms with Gasteiger partial charge in [-0.1, -0.05) is 48.5 Å². The molecule has 0 spiro atoms. The van der Waals surface area contributed by atoms with E-state index in [0.29, 0.717) is 12.2 Å². The molecular weight excluding hydrogens is 276 g/mol. The lowest BCUT2D eigenvalue weighted by molar-refractivity contribution is -0.121. The van der Waals surface area contributed by atoms with Gasteiger partial charge in [0.1, 0.15) is 0 Å². The standard InChI is InChI=1S/C18H18N2O2/c21-17-13-16(19-12-11-14-7-3-1-4-8-14)18(22)20(17)15-9-5-2-6-10-15/h1-10,16,19H,11-13H2. The number of anilines is 1. The average molecular weight is 294 g/mol. The second kappa shape index (κ2) is 6.54. The van der Waals surface area contributed by atoms with Crippen LogP contribution in [0.4, 0.5) is 5.69 Å². The van der Waals surface area contributed by atoms with Crippen LogP contribution < -0.4 is 10.2 Å². The first-order valence-corrected chi connectivity index (χ1v) is 7.45. The third-order valence-electron chi connectivity index (χ3n) is 3.81. The molecule has 2 aromatic rings. The molecular formula is C18H18N2O2. The zero-order valence-corrected chi connectivity index (χ0v) is 12.2. The normalized spacial score (nSPS) is 18.0. The van der Waals surface area contributed by atoms with Gasteiger partial charge in [-0.25, -0.2) is 4.90 Å². The molecule has 1 saturated heterocycles. The van der Waals surface area contributed by atoms with E-state index in [-0.39, 0.29) is 18.2 Å². The summed E-state index contributed by atoms with van der Waals surface area (Å²) in [6.45, 7) is 0.677. The van der Waals surface area contributed by atoms with E-state index >= 15 is 0 Å². The van der Waals surface area contributed by atoms with Crippen molar-refractivity contribution in [3.8, 4) is 0 Å². The zero-order valence-electron chi connectivity index (χ0n) is 12.2. The van der Waals surface area contributed by atoms with E-state index in [9.17, 15) is 9.59 Å². The monoisotopic (exact) mass is 294 g/mol. The van der Waals surface area contributed by atoms with E-state index in [1.807, 2.05) is 36.4 Å². The lowest BCUT2D eigenvalue weighted by Gasteiger charge is -2.15. The van der Waals surface area contributed by atoms with Crippen LogP contribution in [-0.4, -0.2) is 24.4 Å². The van der Waals surface area contributed by atoms with Crippen LogP contribution >= 0.6 is 0 Å². The highest BCUT2D eigenvalue weighted by atomic mass is 16.2. The minimum Gasteiger partial charge on any atom is -0.305 e. The van der Waals surface area contributed by atoms with Crippen LogP contribution in [0.25, 0.3) is 0 Å². The first-order valence-electron chi connectivity index (χ1n) is 7.45. The third kappa shape index (κ3) is 3.07. The quantitative estimate of drug-likeness (QED) is 0.860. The number of rotatable bonds is 5. The molecule has 0 aliphatic carbocycles. The number of nitrogens with one attached hydrogen (secondary N) is 1. The smallest absolute Gasteiger partial charge is 0.251 e. The van der Waals surface area contributed by atoms with E-state index < -0.39 is 6.04 Å². The summed E-state index contributed by atoms with van der Waals surface area (Å²) in [5.74, 6) is -0.308. The summed E-state index contributed by atoms with van der Waals surface area (Å²) in [6.07, 6.45) is 1.06. The molecule has 2 aromatic carbocycles. The van der Waals surface area contributed by atoms with Gasteiger partial charge < -0.3 is 5.32 Å². The van der Waals surface area contributed by atoms with E-state index in [2.05, 4.69) is 17.4 Å². The Kier molecular flexibility index (Phi) is 4.30. The Morgan fingerprint density at radius 1 is 0.955 bits per heavy atom. The van der Waals surface area contributed by atoms with Gasteiger partial charge in [0.25, 0.3) is 5.91 Å². The second-order valence-corrected chi connectivity index (χ2v) is 5.35. The van der Waals surface area contributed by atoms with Crippen LogP contribution in [0, 0.1) is 0 Å². The van der Waals surface area contributed by atoms with E-state index in [1.54, 1.807) is 12.1 Å². The van der Waals surface area contributed by atoms with Crippen LogP contribution in [0.1, 0.15) is 12.0 Å². The molecule has 4 nitrogen and oxygen atoms in total. The molecule has 112 valence electrons. The molecule has 1 aliphatic heterocycles. The van der Waals surface area contributed by atoms with Gasteiger partial charge in [-0.15, -0.1) is 0 Å². The van der Waals surface area contributed by atoms with Crippen molar-refractivity contribution in [3.05, 3.63) is 66.2 Å². The molecule has 0 radical (unpaired) electrons. The number of para-hydroxylation sites is 1. The lowest BCUT2D eigenvalue weighted by atomic mass is 10.1. The molecule has 1 aliphatic rings. The van der Waals surface area contributed by atoms with Gasteiger partial charge in [0.05, 0.1) is 18.2 Å². The van der Waals surface area contributed by atoms with Gasteiger partial charge in [-0.05, 0) is 30.7 Å². The van der Waals surface area contributed by atoms with E-state index in [0.717, 1.165) is 6.42 Å². The minimum atomic E-state index is -0.420. The van der Waals surface area contributed by atoms with Crippen molar-refractivity contribution in [3.63, 3.8) is 0 Å². The Balaban J connectivity index is 1.60. The highest BCUT2D eigenvalue weighted by Crippen LogP contribution is 2.22. The predicted molar refractivity (Wildman–Crippen MR) is 85.5 cm³/mol. The van der Waals surface area contributed by atoms with Crippen molar-refractivity contribution in [1.82, 2.24) is 5.32 Å². The summed E-state index contributed by atoms with van der Waals surface area (Å²) in [7, 11) is 0. The van der Waals surface area contributed by atoms with Crippen LogP contribution in [0.5, 0.6) is 0 Å². The molecule has 0 saturated carbocycles. The number of hydrogen-bond acceptors (Lipinski definition) is 3. The SMILES string of the molecule is O=C1CC(NCCc2ccccc2)C(=O)N1c1ccccc1. The number of nitrogens with zero attached hydrogens (tertiary/aromatic N) is 1. The molecule has 4 heteroatoms. The van der Waals surface area contributed by atoms with Gasteiger partial charge in [0.15, 0.2) is 0 Å². The maximum Gasteiger partial charge on any atom is 0.251 e. The van der Waals surface area contributed by atoms with Crippen molar-refractivity contribution in [2.45, 2.75) is 18.9 Å². The van der Waals surface area contributed by atoms with Crippen LogP contribution in [-0.2, 0) is 16.0 Å². The Bertz CT molecular complexity index is 655. The van der Waals surface area contributed by atoms with Gasteiger partial charge in [0, 0.05) is 0 Å². The minimum absolute atomic E-state index is 0.145. The number of amides is 2. The molecule has 1 unspecified atom stereocenters. The first-order chi connectivity index (χ1) is 10.8. The molecule has 1 atom stereocenters. The summed E-state index contributed by atoms with van der Waals surface area (Å²) in [6, 6.07) is 18.7. The fourth-order valence-electron chi connectivity index (χ4n) is 2.68. The highest BCUT2D eigenvalue weighted by molar-refractivity contribution is 6.22. The molecule has 3 rings (SSSR count). The summed E-state index contributed by atoms with van der Waals surface area (Å²) in [5, 5.41) is 3.20. The van der Waals surface area contributed by atoms with Gasteiger partial charge in [-0.3, -0.25) is 9.59 Å². The van der Waals surface area contributed by atoms with Crippen LogP contribution in [0.3, 0.4) is 0 Å². The summed E-state index contributed by atoms with van der Waals surface area (Å²) in [4.78, 5) is 25.8. The van der Waals surface area contributed by atoms with Crippen LogP contribution in [0.2, 0.25) is 0 Å². The van der Waals surface area contributed by atoms with Gasteiger partial charge in [0.2, 0.25) is 5.91 Å². The molecule has 0 aromatic heterocycles. The maximum absolute atomic E-state index is 12.4. The summed E-state index contributed by atoms with van der Waals surface area (Å²) in [5.41, 5.74) is 1.86. The second-order valence-electron chi connectivity index (χ2n) is 5.35. The Morgan fingerprint density at radius 3 is 2.27 bits per heavy atom. The zero-order chi connectivity index (χ0) is 15.4. The van der Waals surface area contributed by atoms with Crippen molar-refractivity contribution in [2.24, 2.45) is 0 Å². The van der Waals surface area contributed by atoms with Crippen molar-refractivity contribution in [2.75, 3.05) is 11.4 Å². The number of imide groups is 1. The van der Waals surface area contributed by atoms with E-state index in [4.69, 9.17) is 0 Å². The molecule has 22 heavy (non-hydrogen) atoms. The highest BCUT2D eigenvalue weighted by Gasteiger charge is 2.38. The van der Waals surface area contributed by atoms with Gasteiger partial charge in [-0.2, -0.15) is 0 Å². The van der Waals surface area contributed by atoms with Crippen molar-refractivity contribution in [1.29, 1.82) is 0 Å². The number of hydrogen-bond donors (Lipinski definition) is 1. The first kappa shape index (κ1) is 14.5. The predicted octanol–water partition coefficient (Wildman–Crippen LogP) is 2.15. The fourth-order valence-corrected chi connectivity index (χ4v) is 2.68. The number of benzene rings is 2. The van der Waals surface area contributed by atoms with Crippen LogP contribution in [0.15, 0.2) is 60.7 Å². The third-order valence-corrected chi connectivity index (χ3v) is 3.81. The van der Waals surface area contributed by atoms with Crippen molar-refractivity contribution >= 4 is 17.5 Å². The molecule has 1 fully saturated rings. The fraction of sp³-hybridized carbons (Fsp3) is 0.222. The molecule has 1 heterocycles. The topological polar surface area (TPSA) is 49.4 Å². The number of carbonyl (C=O) groups is 2. The average Bonchev–Trinajstić information content (AvgIpc) is 2.83. The summed E-state index contributed by atoms with van der Waals surface area (Å²) >= 11 is 0. The lowest BCUT2D eigenvalue weighted by Crippen LogP contribution is -2.39. The van der Waals surface area contributed by atoms with Gasteiger partial charge >= 0.3 is 0 Å². The molecule has 2 amide bonds. The summed E-state index contributed by atoms with van der Waals surface area (Å²) < 4.78 is 0. The van der Waals surface area contributed by atoms with Crippen molar-refractivity contribution < 1.29 is 9.59 Å². The largest absolute Gasteiger partial charge is 0.305 e. The Labute approximate surface area is 129 Å². The Hall–Kier alpha value is -2.46. The molecule has 0 bridgehead atoms. The molecule has 1 N–H and O–H groups in total. The number of carbonyl (C=O) groups excluding carboxylic acids is 2. The maximum atomic E-state index is 12.4. The van der Waals surface area contributed by atoms with E-state index in [1.165, 1.54) is 10.5 Å².